The van der Waals surface area contributed by atoms with E-state index in [1.54, 1.807) is 32.4 Å². The Kier molecular flexibility index (Phi) is 8.36. The molecule has 0 N–H and O–H groups in total. The Morgan fingerprint density at radius 2 is 1.68 bits per heavy atom. The lowest BCUT2D eigenvalue weighted by Gasteiger charge is -2.20. The summed E-state index contributed by atoms with van der Waals surface area (Å²) in [6, 6.07) is 5.39. The fourth-order valence-electron chi connectivity index (χ4n) is 3.77. The number of amides is 1. The zero-order valence-electron chi connectivity index (χ0n) is 20.7. The largest absolute Gasteiger partial charge is 0.493 e. The lowest BCUT2D eigenvalue weighted by Crippen LogP contribution is -2.41. The van der Waals surface area contributed by atoms with Gasteiger partial charge in [-0.3, -0.25) is 19.0 Å². The predicted octanol–water partition coefficient (Wildman–Crippen LogP) is 2.55. The van der Waals surface area contributed by atoms with Crippen LogP contribution in [0.15, 0.2) is 23.0 Å². The fourth-order valence-corrected chi connectivity index (χ4v) is 4.81. The van der Waals surface area contributed by atoms with E-state index in [1.807, 2.05) is 31.7 Å². The second kappa shape index (κ2) is 11.0. The van der Waals surface area contributed by atoms with Crippen molar-refractivity contribution >= 4 is 35.2 Å². The number of thiazole rings is 1. The van der Waals surface area contributed by atoms with E-state index < -0.39 is 5.41 Å². The molecule has 0 radical (unpaired) electrons. The number of aromatic nitrogens is 1. The lowest BCUT2D eigenvalue weighted by atomic mass is 9.91. The molecule has 1 amide bonds. The van der Waals surface area contributed by atoms with Crippen molar-refractivity contribution < 1.29 is 19.1 Å². The van der Waals surface area contributed by atoms with Gasteiger partial charge in [0, 0.05) is 24.6 Å². The first kappa shape index (κ1) is 25.7. The monoisotopic (exact) mass is 486 g/mol. The Balaban J connectivity index is 2.08. The molecular weight excluding hydrogens is 452 g/mol. The Morgan fingerprint density at radius 1 is 1.03 bits per heavy atom. The molecule has 8 heteroatoms. The van der Waals surface area contributed by atoms with Crippen LogP contribution < -0.4 is 24.2 Å². The number of ether oxygens (including phenoxy) is 2. The standard InChI is InChI=1S/C26H34N2O5S/c1-26(2,3)22(29)16-24-28(17-23(30)27-12-8-6-7-9-13-27)25(31)21(34-24)15-18-10-11-19(32-4)20(14-18)33-5/h10-11,14-16H,6-9,12-13,17H2,1-5H3. The van der Waals surface area contributed by atoms with Crippen molar-refractivity contribution in [2.24, 2.45) is 5.41 Å². The van der Waals surface area contributed by atoms with Crippen molar-refractivity contribution in [3.8, 4) is 11.5 Å². The third-order valence-corrected chi connectivity index (χ3v) is 6.95. The predicted molar refractivity (Wildman–Crippen MR) is 135 cm³/mol. The molecule has 1 aliphatic rings. The molecule has 34 heavy (non-hydrogen) atoms. The van der Waals surface area contributed by atoms with Gasteiger partial charge < -0.3 is 14.4 Å². The molecule has 1 aliphatic heterocycles. The van der Waals surface area contributed by atoms with E-state index >= 15 is 0 Å². The fraction of sp³-hybridized carbons (Fsp3) is 0.500. The molecule has 0 saturated carbocycles. The molecule has 1 aromatic carbocycles. The van der Waals surface area contributed by atoms with E-state index in [1.165, 1.54) is 22.0 Å². The van der Waals surface area contributed by atoms with Crippen LogP contribution in [0.3, 0.4) is 0 Å². The number of methoxy groups -OCH3 is 2. The average Bonchev–Trinajstić information content (AvgIpc) is 2.98. The van der Waals surface area contributed by atoms with E-state index in [4.69, 9.17) is 9.47 Å². The summed E-state index contributed by atoms with van der Waals surface area (Å²) in [4.78, 5) is 41.0. The molecule has 0 unspecified atom stereocenters. The van der Waals surface area contributed by atoms with Crippen molar-refractivity contribution in [1.29, 1.82) is 0 Å². The molecule has 0 atom stereocenters. The van der Waals surface area contributed by atoms with Crippen LogP contribution in [0.25, 0.3) is 12.2 Å². The number of Topliss-reactive ketones (excluding diaryl/α,β-unsaturated/α-hetero) is 1. The van der Waals surface area contributed by atoms with Crippen LogP contribution in [-0.2, 0) is 16.1 Å². The summed E-state index contributed by atoms with van der Waals surface area (Å²) in [5.74, 6) is 0.968. The smallest absolute Gasteiger partial charge is 0.269 e. The van der Waals surface area contributed by atoms with Gasteiger partial charge in [0.1, 0.15) is 11.2 Å². The van der Waals surface area contributed by atoms with E-state index in [2.05, 4.69) is 0 Å². The van der Waals surface area contributed by atoms with Gasteiger partial charge in [-0.25, -0.2) is 0 Å². The van der Waals surface area contributed by atoms with Gasteiger partial charge in [-0.05, 0) is 36.6 Å². The SMILES string of the molecule is COc1ccc(C=c2sc(=CC(=O)C(C)(C)C)n(CC(=O)N3CCCCCC3)c2=O)cc1OC. The summed E-state index contributed by atoms with van der Waals surface area (Å²) in [7, 11) is 3.12. The first-order chi connectivity index (χ1) is 16.1. The number of ketones is 1. The number of nitrogens with zero attached hydrogens (tertiary/aromatic N) is 2. The molecular formula is C26H34N2O5S. The van der Waals surface area contributed by atoms with Gasteiger partial charge in [-0.1, -0.05) is 39.7 Å². The number of benzene rings is 1. The molecule has 1 saturated heterocycles. The summed E-state index contributed by atoms with van der Waals surface area (Å²) < 4.78 is 13.0. The topological polar surface area (TPSA) is 77.8 Å². The van der Waals surface area contributed by atoms with Crippen molar-refractivity contribution in [1.82, 2.24) is 9.47 Å². The molecule has 184 valence electrons. The summed E-state index contributed by atoms with van der Waals surface area (Å²) in [5.41, 5.74) is -0.112. The lowest BCUT2D eigenvalue weighted by molar-refractivity contribution is -0.131. The average molecular weight is 487 g/mol. The zero-order chi connectivity index (χ0) is 24.9. The minimum Gasteiger partial charge on any atom is -0.493 e. The summed E-state index contributed by atoms with van der Waals surface area (Å²) in [6.45, 7) is 6.85. The Labute approximate surface area is 204 Å². The maximum absolute atomic E-state index is 13.4. The zero-order valence-corrected chi connectivity index (χ0v) is 21.5. The van der Waals surface area contributed by atoms with Crippen molar-refractivity contribution in [2.45, 2.75) is 53.0 Å². The highest BCUT2D eigenvalue weighted by molar-refractivity contribution is 7.07. The normalized spacial score (nSPS) is 15.9. The molecule has 0 bridgehead atoms. The summed E-state index contributed by atoms with van der Waals surface area (Å²) >= 11 is 1.22. The Hall–Kier alpha value is -2.87. The quantitative estimate of drug-likeness (QED) is 0.627. The van der Waals surface area contributed by atoms with E-state index in [9.17, 15) is 14.4 Å². The van der Waals surface area contributed by atoms with Crippen LogP contribution in [0.5, 0.6) is 11.5 Å². The number of hydrogen-bond donors (Lipinski definition) is 0. The van der Waals surface area contributed by atoms with Crippen molar-refractivity contribution in [3.05, 3.63) is 43.3 Å². The minimum atomic E-state index is -0.590. The van der Waals surface area contributed by atoms with Crippen LogP contribution >= 0.6 is 11.3 Å². The van der Waals surface area contributed by atoms with E-state index in [-0.39, 0.29) is 23.8 Å². The van der Waals surface area contributed by atoms with Gasteiger partial charge in [0.05, 0.1) is 18.8 Å². The highest BCUT2D eigenvalue weighted by atomic mass is 32.1. The molecule has 1 aromatic heterocycles. The molecule has 0 spiro atoms. The van der Waals surface area contributed by atoms with Crippen LogP contribution in [0.4, 0.5) is 0 Å². The van der Waals surface area contributed by atoms with Gasteiger partial charge >= 0.3 is 0 Å². The van der Waals surface area contributed by atoms with Gasteiger partial charge in [0.15, 0.2) is 17.3 Å². The minimum absolute atomic E-state index is 0.0711. The summed E-state index contributed by atoms with van der Waals surface area (Å²) in [5, 5.41) is 0. The molecule has 2 aromatic rings. The Bertz CT molecular complexity index is 1210. The second-order valence-corrected chi connectivity index (χ2v) is 10.6. The maximum Gasteiger partial charge on any atom is 0.269 e. The highest BCUT2D eigenvalue weighted by Gasteiger charge is 2.21. The number of carbonyl (C=O) groups is 2. The number of rotatable bonds is 6. The van der Waals surface area contributed by atoms with Crippen molar-refractivity contribution in [2.75, 3.05) is 27.3 Å². The molecule has 2 heterocycles. The van der Waals surface area contributed by atoms with E-state index in [0.717, 1.165) is 31.2 Å². The molecule has 1 fully saturated rings. The molecule has 3 rings (SSSR count). The van der Waals surface area contributed by atoms with Gasteiger partial charge in [-0.15, -0.1) is 11.3 Å². The third kappa shape index (κ3) is 6.17. The van der Waals surface area contributed by atoms with Gasteiger partial charge in [-0.2, -0.15) is 0 Å². The third-order valence-electron chi connectivity index (χ3n) is 5.89. The Morgan fingerprint density at radius 3 is 2.26 bits per heavy atom. The van der Waals surface area contributed by atoms with Crippen LogP contribution in [-0.4, -0.2) is 48.5 Å². The molecule has 0 aliphatic carbocycles. The first-order valence-corrected chi connectivity index (χ1v) is 12.4. The molecule has 7 nitrogen and oxygen atoms in total. The number of hydrogen-bond acceptors (Lipinski definition) is 6. The maximum atomic E-state index is 13.4. The van der Waals surface area contributed by atoms with Crippen molar-refractivity contribution in [3.63, 3.8) is 0 Å². The van der Waals surface area contributed by atoms with Crippen LogP contribution in [0, 0.1) is 5.41 Å². The first-order valence-electron chi connectivity index (χ1n) is 11.6. The second-order valence-electron chi connectivity index (χ2n) is 9.51. The number of likely N-dealkylation sites (tertiary alicyclic amines) is 1. The van der Waals surface area contributed by atoms with E-state index in [0.29, 0.717) is 33.8 Å². The van der Waals surface area contributed by atoms with Crippen LogP contribution in [0.2, 0.25) is 0 Å². The summed E-state index contributed by atoms with van der Waals surface area (Å²) in [6.07, 6.45) is 7.43. The van der Waals surface area contributed by atoms with Crippen LogP contribution in [0.1, 0.15) is 52.0 Å². The van der Waals surface area contributed by atoms with Gasteiger partial charge in [0.2, 0.25) is 5.91 Å². The number of carbonyl (C=O) groups excluding carboxylic acids is 2. The van der Waals surface area contributed by atoms with Gasteiger partial charge in [0.25, 0.3) is 5.56 Å². The highest BCUT2D eigenvalue weighted by Crippen LogP contribution is 2.27.